The Morgan fingerprint density at radius 2 is 1.77 bits per heavy atom. The number of carbonyl (C=O) groups is 1. The van der Waals surface area contributed by atoms with Gasteiger partial charge in [0.05, 0.1) is 24.6 Å². The van der Waals surface area contributed by atoms with Crippen LogP contribution in [0.2, 0.25) is 5.02 Å². The molecule has 2 aromatic carbocycles. The molecule has 164 valence electrons. The third kappa shape index (κ3) is 7.42. The quantitative estimate of drug-likeness (QED) is 0.556. The molecule has 0 unspecified atom stereocenters. The first-order chi connectivity index (χ1) is 14.1. The van der Waals surface area contributed by atoms with E-state index in [1.807, 2.05) is 26.8 Å². The number of hydrogen-bond acceptors (Lipinski definition) is 5. The van der Waals surface area contributed by atoms with Gasteiger partial charge in [-0.1, -0.05) is 17.7 Å². The van der Waals surface area contributed by atoms with E-state index in [2.05, 4.69) is 5.32 Å². The minimum Gasteiger partial charge on any atom is -0.492 e. The molecule has 2 rings (SSSR count). The second kappa shape index (κ2) is 10.5. The van der Waals surface area contributed by atoms with Crippen molar-refractivity contribution in [3.8, 4) is 11.5 Å². The number of aryl methyl sites for hydroxylation is 1. The molecule has 0 saturated heterocycles. The summed E-state index contributed by atoms with van der Waals surface area (Å²) in [6.07, 6.45) is 1.06. The third-order valence-corrected chi connectivity index (χ3v) is 5.57. The number of rotatable bonds is 10. The summed E-state index contributed by atoms with van der Waals surface area (Å²) in [7, 11) is -3.65. The number of anilines is 1. The molecule has 0 saturated carbocycles. The Morgan fingerprint density at radius 1 is 1.13 bits per heavy atom. The van der Waals surface area contributed by atoms with Crippen molar-refractivity contribution in [2.24, 2.45) is 0 Å². The summed E-state index contributed by atoms with van der Waals surface area (Å²) in [5, 5.41) is 3.26. The van der Waals surface area contributed by atoms with E-state index in [-0.39, 0.29) is 25.8 Å². The van der Waals surface area contributed by atoms with E-state index in [9.17, 15) is 13.2 Å². The summed E-state index contributed by atoms with van der Waals surface area (Å²) >= 11 is 6.05. The lowest BCUT2D eigenvalue weighted by molar-refractivity contribution is -0.119. The summed E-state index contributed by atoms with van der Waals surface area (Å²) in [6, 6.07) is 11.9. The fraction of sp³-hybridized carbons (Fsp3) is 0.381. The van der Waals surface area contributed by atoms with Crippen molar-refractivity contribution in [3.05, 3.63) is 53.1 Å². The number of halogens is 1. The molecule has 0 fully saturated rings. The number of amides is 1. The second-order valence-corrected chi connectivity index (χ2v) is 9.35. The summed E-state index contributed by atoms with van der Waals surface area (Å²) in [5.41, 5.74) is 1.33. The van der Waals surface area contributed by atoms with Crippen LogP contribution in [-0.4, -0.2) is 46.4 Å². The Kier molecular flexibility index (Phi) is 8.37. The average molecular weight is 455 g/mol. The van der Waals surface area contributed by atoms with Crippen LogP contribution in [0.3, 0.4) is 0 Å². The van der Waals surface area contributed by atoms with Crippen LogP contribution in [0.4, 0.5) is 5.69 Å². The molecule has 9 heteroatoms. The zero-order valence-corrected chi connectivity index (χ0v) is 19.1. The molecule has 1 amide bonds. The molecule has 0 aromatic heterocycles. The van der Waals surface area contributed by atoms with Crippen LogP contribution in [-0.2, 0) is 14.8 Å². The van der Waals surface area contributed by atoms with Crippen molar-refractivity contribution >= 4 is 33.2 Å². The molecule has 1 N–H and O–H groups in total. The fourth-order valence-electron chi connectivity index (χ4n) is 2.57. The molecule has 0 radical (unpaired) electrons. The van der Waals surface area contributed by atoms with E-state index in [4.69, 9.17) is 21.1 Å². The predicted molar refractivity (Wildman–Crippen MR) is 119 cm³/mol. The van der Waals surface area contributed by atoms with Gasteiger partial charge < -0.3 is 14.8 Å². The Labute approximate surface area is 183 Å². The summed E-state index contributed by atoms with van der Waals surface area (Å²) in [4.78, 5) is 12.3. The van der Waals surface area contributed by atoms with E-state index in [0.717, 1.165) is 16.1 Å². The molecule has 0 heterocycles. The maximum atomic E-state index is 12.3. The second-order valence-electron chi connectivity index (χ2n) is 7.04. The number of nitrogens with zero attached hydrogens (tertiary/aromatic N) is 1. The van der Waals surface area contributed by atoms with Crippen LogP contribution < -0.4 is 19.1 Å². The highest BCUT2D eigenvalue weighted by Crippen LogP contribution is 2.23. The van der Waals surface area contributed by atoms with Crippen LogP contribution in [0.1, 0.15) is 19.4 Å². The van der Waals surface area contributed by atoms with Crippen LogP contribution in [0, 0.1) is 6.92 Å². The maximum absolute atomic E-state index is 12.3. The highest BCUT2D eigenvalue weighted by atomic mass is 35.5. The number of sulfonamides is 1. The lowest BCUT2D eigenvalue weighted by Crippen LogP contribution is -2.41. The normalized spacial score (nSPS) is 11.3. The Balaban J connectivity index is 1.91. The molecule has 0 bridgehead atoms. The summed E-state index contributed by atoms with van der Waals surface area (Å²) in [6.45, 7) is 5.81. The van der Waals surface area contributed by atoms with Gasteiger partial charge in [-0.25, -0.2) is 8.42 Å². The van der Waals surface area contributed by atoms with Gasteiger partial charge >= 0.3 is 0 Å². The molecule has 2 aromatic rings. The van der Waals surface area contributed by atoms with Crippen molar-refractivity contribution < 1.29 is 22.7 Å². The SMILES string of the molecule is Cc1ccc(OCCNC(=O)CN(c2ccc(OC(C)C)cc2)S(C)(=O)=O)cc1Cl. The predicted octanol–water partition coefficient (Wildman–Crippen LogP) is 3.40. The van der Waals surface area contributed by atoms with Gasteiger partial charge in [0.15, 0.2) is 0 Å². The average Bonchev–Trinajstić information content (AvgIpc) is 2.65. The first-order valence-electron chi connectivity index (χ1n) is 9.46. The minimum atomic E-state index is -3.65. The summed E-state index contributed by atoms with van der Waals surface area (Å²) < 4.78 is 36.5. The van der Waals surface area contributed by atoms with Crippen LogP contribution in [0.15, 0.2) is 42.5 Å². The molecule has 0 atom stereocenters. The van der Waals surface area contributed by atoms with Crippen molar-refractivity contribution in [3.63, 3.8) is 0 Å². The highest BCUT2D eigenvalue weighted by Gasteiger charge is 2.20. The van der Waals surface area contributed by atoms with Gasteiger partial charge in [0.25, 0.3) is 0 Å². The van der Waals surface area contributed by atoms with Gasteiger partial charge in [-0.3, -0.25) is 9.10 Å². The molecule has 7 nitrogen and oxygen atoms in total. The molecule has 0 aliphatic carbocycles. The lowest BCUT2D eigenvalue weighted by atomic mass is 10.2. The summed E-state index contributed by atoms with van der Waals surface area (Å²) in [5.74, 6) is 0.787. The van der Waals surface area contributed by atoms with Crippen LogP contribution >= 0.6 is 11.6 Å². The number of ether oxygens (including phenoxy) is 2. The van der Waals surface area contributed by atoms with Crippen molar-refractivity contribution in [1.82, 2.24) is 5.32 Å². The number of hydrogen-bond donors (Lipinski definition) is 1. The zero-order chi connectivity index (χ0) is 22.3. The Morgan fingerprint density at radius 3 is 2.33 bits per heavy atom. The van der Waals surface area contributed by atoms with E-state index < -0.39 is 15.9 Å². The first kappa shape index (κ1) is 23.8. The monoisotopic (exact) mass is 454 g/mol. The first-order valence-corrected chi connectivity index (χ1v) is 11.7. The number of carbonyl (C=O) groups excluding carboxylic acids is 1. The number of benzene rings is 2. The smallest absolute Gasteiger partial charge is 0.240 e. The van der Waals surface area contributed by atoms with Gasteiger partial charge in [-0.2, -0.15) is 0 Å². The zero-order valence-electron chi connectivity index (χ0n) is 17.5. The van der Waals surface area contributed by atoms with E-state index in [1.54, 1.807) is 36.4 Å². The molecule has 0 aliphatic rings. The van der Waals surface area contributed by atoms with Crippen LogP contribution in [0.25, 0.3) is 0 Å². The highest BCUT2D eigenvalue weighted by molar-refractivity contribution is 7.92. The van der Waals surface area contributed by atoms with Gasteiger partial charge in [-0.15, -0.1) is 0 Å². The third-order valence-electron chi connectivity index (χ3n) is 4.02. The van der Waals surface area contributed by atoms with Crippen molar-refractivity contribution in [2.45, 2.75) is 26.9 Å². The topological polar surface area (TPSA) is 84.9 Å². The largest absolute Gasteiger partial charge is 0.492 e. The van der Waals surface area contributed by atoms with E-state index in [1.165, 1.54) is 0 Å². The Hall–Kier alpha value is -2.45. The standard InChI is InChI=1S/C21H27ClN2O5S/c1-15(2)29-18-9-6-17(7-10-18)24(30(4,26)27)14-21(25)23-11-12-28-19-8-5-16(3)20(22)13-19/h5-10,13,15H,11-12,14H2,1-4H3,(H,23,25). The fourth-order valence-corrected chi connectivity index (χ4v) is 3.60. The molecular formula is C21H27ClN2O5S. The molecular weight excluding hydrogens is 428 g/mol. The van der Waals surface area contributed by atoms with Crippen molar-refractivity contribution in [2.75, 3.05) is 30.3 Å². The minimum absolute atomic E-state index is 0.00536. The van der Waals surface area contributed by atoms with Gasteiger partial charge in [0.1, 0.15) is 24.7 Å². The van der Waals surface area contributed by atoms with Gasteiger partial charge in [0.2, 0.25) is 15.9 Å². The molecule has 0 aliphatic heterocycles. The molecule has 0 spiro atoms. The Bertz CT molecular complexity index is 962. The number of nitrogens with one attached hydrogen (secondary N) is 1. The van der Waals surface area contributed by atoms with E-state index >= 15 is 0 Å². The maximum Gasteiger partial charge on any atom is 0.240 e. The lowest BCUT2D eigenvalue weighted by Gasteiger charge is -2.22. The van der Waals surface area contributed by atoms with E-state index in [0.29, 0.717) is 22.2 Å². The van der Waals surface area contributed by atoms with Crippen molar-refractivity contribution in [1.29, 1.82) is 0 Å². The molecule has 30 heavy (non-hydrogen) atoms. The van der Waals surface area contributed by atoms with Crippen LogP contribution in [0.5, 0.6) is 11.5 Å². The van der Waals surface area contributed by atoms with Gasteiger partial charge in [-0.05, 0) is 62.7 Å². The van der Waals surface area contributed by atoms with Gasteiger partial charge in [0, 0.05) is 5.02 Å².